The minimum atomic E-state index is -2.52. The Bertz CT molecular complexity index is 904. The van der Waals surface area contributed by atoms with Crippen molar-refractivity contribution in [3.63, 3.8) is 0 Å². The first kappa shape index (κ1) is 22.6. The predicted octanol–water partition coefficient (Wildman–Crippen LogP) is 7.16. The van der Waals surface area contributed by atoms with Crippen LogP contribution in [0, 0.1) is 0 Å². The van der Waals surface area contributed by atoms with Gasteiger partial charge in [-0.1, -0.05) is 32.0 Å². The standard InChI is InChI=1S/C25H28O5S/c1-3-18-28-20-10-14-23(15-11-20)31(30-25(26)27,22-8-6-5-7-9-22)24-16-12-21(13-17-24)29-19-4-2/h5-17H,3-4,18-19H2,1-2H3,(H,26,27). The van der Waals surface area contributed by atoms with E-state index in [2.05, 4.69) is 0 Å². The molecule has 0 aliphatic heterocycles. The number of rotatable bonds is 10. The molecular formula is C25H28O5S. The van der Waals surface area contributed by atoms with Crippen LogP contribution in [0.1, 0.15) is 26.7 Å². The van der Waals surface area contributed by atoms with Crippen molar-refractivity contribution >= 4 is 16.5 Å². The molecule has 0 radical (unpaired) electrons. The molecule has 164 valence electrons. The van der Waals surface area contributed by atoms with Crippen molar-refractivity contribution in [1.29, 1.82) is 0 Å². The van der Waals surface area contributed by atoms with E-state index in [0.717, 1.165) is 39.0 Å². The number of benzene rings is 3. The maximum absolute atomic E-state index is 11.9. The smallest absolute Gasteiger partial charge is 0.494 e. The first-order chi connectivity index (χ1) is 15.1. The Hall–Kier alpha value is -3.12. The molecule has 6 heteroatoms. The molecule has 0 fully saturated rings. The predicted molar refractivity (Wildman–Crippen MR) is 122 cm³/mol. The molecule has 0 saturated heterocycles. The van der Waals surface area contributed by atoms with Crippen LogP contribution < -0.4 is 9.47 Å². The van der Waals surface area contributed by atoms with Gasteiger partial charge >= 0.3 is 6.16 Å². The van der Waals surface area contributed by atoms with Gasteiger partial charge in [0, 0.05) is 14.7 Å². The molecule has 3 rings (SSSR count). The maximum Gasteiger partial charge on any atom is 0.517 e. The fraction of sp³-hybridized carbons (Fsp3) is 0.240. The Labute approximate surface area is 185 Å². The van der Waals surface area contributed by atoms with E-state index >= 15 is 0 Å². The van der Waals surface area contributed by atoms with Crippen LogP contribution in [0.2, 0.25) is 0 Å². The molecule has 0 aromatic heterocycles. The zero-order chi connectivity index (χ0) is 22.1. The van der Waals surface area contributed by atoms with Crippen LogP contribution in [0.3, 0.4) is 0 Å². The van der Waals surface area contributed by atoms with Gasteiger partial charge in [-0.15, -0.1) is 0 Å². The van der Waals surface area contributed by atoms with Gasteiger partial charge in [0.15, 0.2) is 0 Å². The van der Waals surface area contributed by atoms with Crippen molar-refractivity contribution < 1.29 is 23.6 Å². The summed E-state index contributed by atoms with van der Waals surface area (Å²) in [7, 11) is -2.52. The van der Waals surface area contributed by atoms with Gasteiger partial charge < -0.3 is 18.8 Å². The molecule has 0 saturated carbocycles. The molecule has 0 bridgehead atoms. The van der Waals surface area contributed by atoms with E-state index in [1.807, 2.05) is 92.7 Å². The number of ether oxygens (including phenoxy) is 2. The Morgan fingerprint density at radius 1 is 0.710 bits per heavy atom. The molecule has 0 atom stereocenters. The Morgan fingerprint density at radius 3 is 1.52 bits per heavy atom. The minimum Gasteiger partial charge on any atom is -0.494 e. The maximum atomic E-state index is 11.9. The van der Waals surface area contributed by atoms with Crippen LogP contribution in [0.25, 0.3) is 0 Å². The van der Waals surface area contributed by atoms with Crippen LogP contribution in [0.4, 0.5) is 4.79 Å². The van der Waals surface area contributed by atoms with E-state index in [4.69, 9.17) is 13.7 Å². The molecule has 0 spiro atoms. The summed E-state index contributed by atoms with van der Waals surface area (Å²) < 4.78 is 17.2. The highest BCUT2D eigenvalue weighted by atomic mass is 32.3. The van der Waals surface area contributed by atoms with Crippen LogP contribution in [-0.4, -0.2) is 24.5 Å². The summed E-state index contributed by atoms with van der Waals surface area (Å²) >= 11 is 0. The Balaban J connectivity index is 2.13. The van der Waals surface area contributed by atoms with Crippen molar-refractivity contribution in [3.05, 3.63) is 78.9 Å². The zero-order valence-electron chi connectivity index (χ0n) is 17.8. The Morgan fingerprint density at radius 2 is 1.13 bits per heavy atom. The molecule has 0 unspecified atom stereocenters. The van der Waals surface area contributed by atoms with Crippen LogP contribution >= 0.6 is 10.3 Å². The summed E-state index contributed by atoms with van der Waals surface area (Å²) in [6, 6.07) is 24.5. The summed E-state index contributed by atoms with van der Waals surface area (Å²) in [6.07, 6.45) is 0.502. The lowest BCUT2D eigenvalue weighted by atomic mass is 10.3. The van der Waals surface area contributed by atoms with Gasteiger partial charge in [-0.3, -0.25) is 0 Å². The van der Waals surface area contributed by atoms with Crippen molar-refractivity contribution in [2.75, 3.05) is 13.2 Å². The average Bonchev–Trinajstić information content (AvgIpc) is 2.81. The zero-order valence-corrected chi connectivity index (χ0v) is 18.6. The molecular weight excluding hydrogens is 412 g/mol. The third-order valence-electron chi connectivity index (χ3n) is 4.53. The summed E-state index contributed by atoms with van der Waals surface area (Å²) in [5.74, 6) is 1.48. The summed E-state index contributed by atoms with van der Waals surface area (Å²) in [4.78, 5) is 14.2. The van der Waals surface area contributed by atoms with Gasteiger partial charge in [-0.2, -0.15) is 0 Å². The lowest BCUT2D eigenvalue weighted by Crippen LogP contribution is -2.12. The van der Waals surface area contributed by atoms with E-state index in [-0.39, 0.29) is 0 Å². The molecule has 0 aliphatic carbocycles. The second kappa shape index (κ2) is 10.8. The van der Waals surface area contributed by atoms with Crippen molar-refractivity contribution in [2.24, 2.45) is 0 Å². The van der Waals surface area contributed by atoms with Crippen LogP contribution in [0.15, 0.2) is 93.5 Å². The van der Waals surface area contributed by atoms with E-state index in [1.54, 1.807) is 0 Å². The normalized spacial score (nSPS) is 11.5. The molecule has 0 heterocycles. The van der Waals surface area contributed by atoms with E-state index in [1.165, 1.54) is 0 Å². The summed E-state index contributed by atoms with van der Waals surface area (Å²) in [5.41, 5.74) is 0. The lowest BCUT2D eigenvalue weighted by Gasteiger charge is -2.38. The number of hydrogen-bond acceptors (Lipinski definition) is 4. The van der Waals surface area contributed by atoms with Gasteiger partial charge in [-0.25, -0.2) is 4.79 Å². The van der Waals surface area contributed by atoms with E-state index in [0.29, 0.717) is 13.2 Å². The van der Waals surface area contributed by atoms with Gasteiger partial charge in [0.05, 0.1) is 13.2 Å². The van der Waals surface area contributed by atoms with Gasteiger partial charge in [0.2, 0.25) is 0 Å². The molecule has 3 aromatic carbocycles. The molecule has 31 heavy (non-hydrogen) atoms. The summed E-state index contributed by atoms with van der Waals surface area (Å²) in [6.45, 7) is 5.35. The second-order valence-corrected chi connectivity index (χ2v) is 9.55. The number of carbonyl (C=O) groups is 1. The number of hydrogen-bond donors (Lipinski definition) is 1. The third-order valence-corrected chi connectivity index (χ3v) is 7.73. The van der Waals surface area contributed by atoms with Gasteiger partial charge in [0.1, 0.15) is 11.5 Å². The fourth-order valence-electron chi connectivity index (χ4n) is 3.17. The minimum absolute atomic E-state index is 0.626. The quantitative estimate of drug-likeness (QED) is 0.362. The first-order valence-electron chi connectivity index (χ1n) is 10.4. The van der Waals surface area contributed by atoms with Crippen LogP contribution in [-0.2, 0) is 4.18 Å². The average molecular weight is 441 g/mol. The van der Waals surface area contributed by atoms with Gasteiger partial charge in [0.25, 0.3) is 0 Å². The van der Waals surface area contributed by atoms with Crippen molar-refractivity contribution in [3.8, 4) is 11.5 Å². The molecule has 0 amide bonds. The molecule has 1 N–H and O–H groups in total. The topological polar surface area (TPSA) is 65.0 Å². The first-order valence-corrected chi connectivity index (χ1v) is 11.9. The molecule has 0 aliphatic rings. The van der Waals surface area contributed by atoms with Crippen molar-refractivity contribution in [2.45, 2.75) is 41.4 Å². The third kappa shape index (κ3) is 5.33. The van der Waals surface area contributed by atoms with Crippen LogP contribution in [0.5, 0.6) is 11.5 Å². The highest BCUT2D eigenvalue weighted by Crippen LogP contribution is 2.69. The number of carboxylic acid groups (broad SMARTS) is 1. The van der Waals surface area contributed by atoms with E-state index < -0.39 is 16.5 Å². The SMILES string of the molecule is CCCOc1ccc(S(OC(=O)O)(c2ccccc2)c2ccc(OCCC)cc2)cc1. The largest absolute Gasteiger partial charge is 0.517 e. The summed E-state index contributed by atoms with van der Waals surface area (Å²) in [5, 5.41) is 9.72. The molecule has 3 aromatic rings. The highest BCUT2D eigenvalue weighted by molar-refractivity contribution is 8.30. The fourth-order valence-corrected chi connectivity index (χ4v) is 6.06. The van der Waals surface area contributed by atoms with Crippen molar-refractivity contribution in [1.82, 2.24) is 0 Å². The van der Waals surface area contributed by atoms with Gasteiger partial charge in [-0.05, 0) is 83.8 Å². The monoisotopic (exact) mass is 440 g/mol. The Kier molecular flexibility index (Phi) is 7.84. The molecule has 5 nitrogen and oxygen atoms in total. The van der Waals surface area contributed by atoms with E-state index in [9.17, 15) is 9.90 Å². The second-order valence-electron chi connectivity index (χ2n) is 6.86. The highest BCUT2D eigenvalue weighted by Gasteiger charge is 2.36. The lowest BCUT2D eigenvalue weighted by molar-refractivity contribution is 0.150.